The second kappa shape index (κ2) is 3.62. The van der Waals surface area contributed by atoms with Crippen LogP contribution < -0.4 is 0 Å². The van der Waals surface area contributed by atoms with Gasteiger partial charge in [0, 0.05) is 5.92 Å². The monoisotopic (exact) mass is 218 g/mol. The number of aryl methyl sites for hydroxylation is 1. The van der Waals surface area contributed by atoms with E-state index in [2.05, 4.69) is 25.1 Å². The first-order chi connectivity index (χ1) is 7.48. The molecule has 0 spiro atoms. The number of hydrogen-bond donors (Lipinski definition) is 1. The van der Waals surface area contributed by atoms with Crippen LogP contribution in [0.25, 0.3) is 0 Å². The summed E-state index contributed by atoms with van der Waals surface area (Å²) < 4.78 is 0. The molecule has 1 aliphatic carbocycles. The number of carboxylic acids is 1. The standard InChI is InChI=1S/C14H18O2/c1-4-9-6-5-7-10(8-9)11-12(13(15)16)14(11,2)3/h5-8,11-12H,4H2,1-3H3,(H,15,16). The van der Waals surface area contributed by atoms with Crippen molar-refractivity contribution >= 4 is 5.97 Å². The van der Waals surface area contributed by atoms with E-state index in [1.807, 2.05) is 19.9 Å². The predicted molar refractivity (Wildman–Crippen MR) is 63.5 cm³/mol. The summed E-state index contributed by atoms with van der Waals surface area (Å²) in [6.07, 6.45) is 0.999. The molecule has 1 aromatic rings. The van der Waals surface area contributed by atoms with E-state index in [1.165, 1.54) is 11.1 Å². The van der Waals surface area contributed by atoms with E-state index in [0.29, 0.717) is 0 Å². The van der Waals surface area contributed by atoms with E-state index in [9.17, 15) is 4.79 Å². The van der Waals surface area contributed by atoms with Crippen LogP contribution in [-0.4, -0.2) is 11.1 Å². The molecule has 0 bridgehead atoms. The molecule has 2 unspecified atom stereocenters. The third-order valence-corrected chi connectivity index (χ3v) is 3.81. The van der Waals surface area contributed by atoms with Gasteiger partial charge in [-0.05, 0) is 23.0 Å². The molecule has 1 N–H and O–H groups in total. The lowest BCUT2D eigenvalue weighted by molar-refractivity contribution is -0.139. The Bertz CT molecular complexity index is 420. The maximum atomic E-state index is 11.1. The molecule has 2 rings (SSSR count). The Hall–Kier alpha value is -1.31. The van der Waals surface area contributed by atoms with Crippen molar-refractivity contribution in [1.29, 1.82) is 0 Å². The summed E-state index contributed by atoms with van der Waals surface area (Å²) in [5.74, 6) is -0.715. The Balaban J connectivity index is 2.29. The highest BCUT2D eigenvalue weighted by Gasteiger charge is 2.62. The van der Waals surface area contributed by atoms with Gasteiger partial charge in [0.2, 0.25) is 0 Å². The van der Waals surface area contributed by atoms with Gasteiger partial charge in [-0.3, -0.25) is 4.79 Å². The molecule has 86 valence electrons. The van der Waals surface area contributed by atoms with Crippen molar-refractivity contribution < 1.29 is 9.90 Å². The van der Waals surface area contributed by atoms with E-state index in [-0.39, 0.29) is 17.3 Å². The van der Waals surface area contributed by atoms with Gasteiger partial charge < -0.3 is 5.11 Å². The lowest BCUT2D eigenvalue weighted by Crippen LogP contribution is -2.03. The van der Waals surface area contributed by atoms with Crippen LogP contribution in [-0.2, 0) is 11.2 Å². The van der Waals surface area contributed by atoms with Crippen molar-refractivity contribution in [3.63, 3.8) is 0 Å². The van der Waals surface area contributed by atoms with E-state index in [4.69, 9.17) is 5.11 Å². The molecule has 1 saturated carbocycles. The van der Waals surface area contributed by atoms with Gasteiger partial charge in [-0.15, -0.1) is 0 Å². The van der Waals surface area contributed by atoms with E-state index < -0.39 is 5.97 Å². The van der Waals surface area contributed by atoms with Gasteiger partial charge in [0.1, 0.15) is 0 Å². The summed E-state index contributed by atoms with van der Waals surface area (Å²) in [5.41, 5.74) is 2.36. The van der Waals surface area contributed by atoms with Crippen LogP contribution in [0.15, 0.2) is 24.3 Å². The maximum absolute atomic E-state index is 11.1. The number of benzene rings is 1. The van der Waals surface area contributed by atoms with Gasteiger partial charge in [-0.2, -0.15) is 0 Å². The summed E-state index contributed by atoms with van der Waals surface area (Å²) in [6, 6.07) is 8.32. The van der Waals surface area contributed by atoms with Gasteiger partial charge in [-0.25, -0.2) is 0 Å². The Morgan fingerprint density at radius 2 is 2.12 bits per heavy atom. The van der Waals surface area contributed by atoms with E-state index in [1.54, 1.807) is 0 Å². The number of aliphatic carboxylic acids is 1. The van der Waals surface area contributed by atoms with Crippen LogP contribution in [0.2, 0.25) is 0 Å². The fraction of sp³-hybridized carbons (Fsp3) is 0.500. The summed E-state index contributed by atoms with van der Waals surface area (Å²) in [4.78, 5) is 11.1. The topological polar surface area (TPSA) is 37.3 Å². The molecule has 16 heavy (non-hydrogen) atoms. The van der Waals surface area contributed by atoms with Crippen LogP contribution in [0.3, 0.4) is 0 Å². The van der Waals surface area contributed by atoms with Gasteiger partial charge in [0.15, 0.2) is 0 Å². The molecule has 2 atom stereocenters. The molecular formula is C14H18O2. The fourth-order valence-corrected chi connectivity index (χ4v) is 2.73. The summed E-state index contributed by atoms with van der Waals surface area (Å²) in [5, 5.41) is 9.15. The highest BCUT2D eigenvalue weighted by molar-refractivity contribution is 5.77. The van der Waals surface area contributed by atoms with Crippen molar-refractivity contribution in [2.45, 2.75) is 33.1 Å². The maximum Gasteiger partial charge on any atom is 0.307 e. The van der Waals surface area contributed by atoms with Gasteiger partial charge >= 0.3 is 5.97 Å². The number of rotatable bonds is 3. The molecule has 0 aliphatic heterocycles. The number of carbonyl (C=O) groups is 1. The molecule has 0 heterocycles. The minimum atomic E-state index is -0.670. The zero-order valence-electron chi connectivity index (χ0n) is 10.0. The fourth-order valence-electron chi connectivity index (χ4n) is 2.73. The molecule has 1 aliphatic rings. The van der Waals surface area contributed by atoms with Crippen molar-refractivity contribution in [3.05, 3.63) is 35.4 Å². The third kappa shape index (κ3) is 1.62. The van der Waals surface area contributed by atoms with Crippen LogP contribution in [0.1, 0.15) is 37.8 Å². The van der Waals surface area contributed by atoms with Gasteiger partial charge in [0.25, 0.3) is 0 Å². The lowest BCUT2D eigenvalue weighted by Gasteiger charge is -2.04. The van der Waals surface area contributed by atoms with E-state index in [0.717, 1.165) is 6.42 Å². The molecule has 2 heteroatoms. The first-order valence-electron chi connectivity index (χ1n) is 5.80. The average Bonchev–Trinajstić information content (AvgIpc) is 2.82. The summed E-state index contributed by atoms with van der Waals surface area (Å²) in [7, 11) is 0. The first-order valence-corrected chi connectivity index (χ1v) is 5.80. The van der Waals surface area contributed by atoms with Crippen molar-refractivity contribution in [2.75, 3.05) is 0 Å². The van der Waals surface area contributed by atoms with Crippen LogP contribution in [0, 0.1) is 11.3 Å². The second-order valence-corrected chi connectivity index (χ2v) is 5.21. The van der Waals surface area contributed by atoms with Crippen LogP contribution in [0.4, 0.5) is 0 Å². The lowest BCUT2D eigenvalue weighted by atomic mass is 10.0. The van der Waals surface area contributed by atoms with Crippen molar-refractivity contribution in [3.8, 4) is 0 Å². The molecule has 1 aromatic carbocycles. The first kappa shape index (κ1) is 11.2. The Morgan fingerprint density at radius 1 is 1.44 bits per heavy atom. The van der Waals surface area contributed by atoms with Gasteiger partial charge in [0.05, 0.1) is 5.92 Å². The number of carboxylic acid groups (broad SMARTS) is 1. The Morgan fingerprint density at radius 3 is 2.62 bits per heavy atom. The number of hydrogen-bond acceptors (Lipinski definition) is 1. The smallest absolute Gasteiger partial charge is 0.307 e. The molecular weight excluding hydrogens is 200 g/mol. The zero-order chi connectivity index (χ0) is 11.9. The summed E-state index contributed by atoms with van der Waals surface area (Å²) in [6.45, 7) is 6.19. The largest absolute Gasteiger partial charge is 0.481 e. The third-order valence-electron chi connectivity index (χ3n) is 3.81. The second-order valence-electron chi connectivity index (χ2n) is 5.21. The Kier molecular flexibility index (Phi) is 2.53. The SMILES string of the molecule is CCc1cccc(C2C(C(=O)O)C2(C)C)c1. The van der Waals surface area contributed by atoms with Crippen LogP contribution >= 0.6 is 0 Å². The molecule has 0 aromatic heterocycles. The van der Waals surface area contributed by atoms with Crippen LogP contribution in [0.5, 0.6) is 0 Å². The minimum absolute atomic E-state index is 0.0990. The Labute approximate surface area is 96.3 Å². The molecule has 2 nitrogen and oxygen atoms in total. The highest BCUT2D eigenvalue weighted by Crippen LogP contribution is 2.64. The van der Waals surface area contributed by atoms with E-state index >= 15 is 0 Å². The van der Waals surface area contributed by atoms with Crippen molar-refractivity contribution in [1.82, 2.24) is 0 Å². The zero-order valence-corrected chi connectivity index (χ0v) is 10.0. The average molecular weight is 218 g/mol. The highest BCUT2D eigenvalue weighted by atomic mass is 16.4. The van der Waals surface area contributed by atoms with Crippen molar-refractivity contribution in [2.24, 2.45) is 11.3 Å². The molecule has 1 fully saturated rings. The minimum Gasteiger partial charge on any atom is -0.481 e. The summed E-state index contributed by atoms with van der Waals surface area (Å²) >= 11 is 0. The quantitative estimate of drug-likeness (QED) is 0.846. The van der Waals surface area contributed by atoms with Gasteiger partial charge in [-0.1, -0.05) is 45.0 Å². The molecule has 0 amide bonds. The predicted octanol–water partition coefficient (Wildman–Crippen LogP) is 3.07. The normalized spacial score (nSPS) is 26.4. The molecule has 0 radical (unpaired) electrons. The molecule has 0 saturated heterocycles.